The van der Waals surface area contributed by atoms with E-state index in [0.29, 0.717) is 0 Å². The zero-order chi connectivity index (χ0) is 18.7. The van der Waals surface area contributed by atoms with Gasteiger partial charge in [-0.2, -0.15) is 5.10 Å². The maximum atomic E-state index is 12.5. The molecule has 1 N–H and O–H groups in total. The molecule has 3 rings (SSSR count). The van der Waals surface area contributed by atoms with Crippen molar-refractivity contribution >= 4 is 40.4 Å². The molecule has 2 heterocycles. The minimum Gasteiger partial charge on any atom is -0.343 e. The third-order valence-corrected chi connectivity index (χ3v) is 5.47. The van der Waals surface area contributed by atoms with Crippen molar-refractivity contribution in [3.63, 3.8) is 0 Å². The number of carbonyl (C=O) groups is 1. The molecule has 26 heavy (non-hydrogen) atoms. The van der Waals surface area contributed by atoms with Crippen molar-refractivity contribution < 1.29 is 4.79 Å². The van der Waals surface area contributed by atoms with Gasteiger partial charge in [0.1, 0.15) is 11.6 Å². The van der Waals surface area contributed by atoms with Crippen LogP contribution in [0, 0.1) is 6.92 Å². The van der Waals surface area contributed by atoms with E-state index >= 15 is 0 Å². The van der Waals surface area contributed by atoms with Crippen LogP contribution in [0.5, 0.6) is 0 Å². The van der Waals surface area contributed by atoms with Crippen LogP contribution in [0.4, 0.5) is 0 Å². The molecule has 0 saturated carbocycles. The highest BCUT2D eigenvalue weighted by molar-refractivity contribution is 7.10. The summed E-state index contributed by atoms with van der Waals surface area (Å²) in [7, 11) is 0. The molecular weight excluding hydrogens is 393 g/mol. The van der Waals surface area contributed by atoms with E-state index in [2.05, 4.69) is 10.4 Å². The number of aromatic nitrogens is 2. The molecule has 0 saturated heterocycles. The van der Waals surface area contributed by atoms with Crippen LogP contribution >= 0.6 is 34.5 Å². The maximum Gasteiger partial charge on any atom is 0.287 e. The zero-order valence-corrected chi connectivity index (χ0v) is 16.1. The number of hydrogen-bond acceptors (Lipinski definition) is 4. The Bertz CT molecular complexity index is 969. The van der Waals surface area contributed by atoms with E-state index in [1.54, 1.807) is 11.3 Å². The summed E-state index contributed by atoms with van der Waals surface area (Å²) in [4.78, 5) is 25.6. The second-order valence-electron chi connectivity index (χ2n) is 5.70. The predicted molar refractivity (Wildman–Crippen MR) is 104 cm³/mol. The predicted octanol–water partition coefficient (Wildman–Crippen LogP) is 3.83. The van der Waals surface area contributed by atoms with Gasteiger partial charge < -0.3 is 5.32 Å². The Morgan fingerprint density at radius 2 is 2.00 bits per heavy atom. The molecule has 0 radical (unpaired) electrons. The summed E-state index contributed by atoms with van der Waals surface area (Å²) in [6.45, 7) is 1.76. The highest BCUT2D eigenvalue weighted by Gasteiger charge is 2.19. The Hall–Kier alpha value is -2.15. The van der Waals surface area contributed by atoms with Gasteiger partial charge in [0.2, 0.25) is 5.91 Å². The molecule has 134 valence electrons. The molecule has 1 atom stereocenters. The van der Waals surface area contributed by atoms with Gasteiger partial charge in [-0.05, 0) is 23.9 Å². The smallest absolute Gasteiger partial charge is 0.287 e. The number of halogens is 2. The van der Waals surface area contributed by atoms with Crippen LogP contribution in [0.1, 0.15) is 22.0 Å². The highest BCUT2D eigenvalue weighted by atomic mass is 35.5. The SMILES string of the molecule is Cc1ccc(C(NC(=O)Cn2ncc(Cl)c(Cl)c2=O)c2cccs2)cc1. The van der Waals surface area contributed by atoms with Gasteiger partial charge in [0.15, 0.2) is 0 Å². The van der Waals surface area contributed by atoms with Gasteiger partial charge in [-0.3, -0.25) is 9.59 Å². The average molecular weight is 408 g/mol. The number of nitrogens with one attached hydrogen (secondary N) is 1. The first kappa shape index (κ1) is 18.6. The Labute approximate surface area is 164 Å². The van der Waals surface area contributed by atoms with E-state index in [9.17, 15) is 9.59 Å². The van der Waals surface area contributed by atoms with Crippen molar-refractivity contribution in [2.45, 2.75) is 19.5 Å². The fourth-order valence-electron chi connectivity index (χ4n) is 2.43. The van der Waals surface area contributed by atoms with Gasteiger partial charge in [-0.1, -0.05) is 59.1 Å². The number of hydrogen-bond donors (Lipinski definition) is 1. The monoisotopic (exact) mass is 407 g/mol. The van der Waals surface area contributed by atoms with Crippen LogP contribution in [0.25, 0.3) is 0 Å². The van der Waals surface area contributed by atoms with Gasteiger partial charge in [0.25, 0.3) is 5.56 Å². The summed E-state index contributed by atoms with van der Waals surface area (Å²) >= 11 is 13.1. The lowest BCUT2D eigenvalue weighted by Crippen LogP contribution is -2.36. The Morgan fingerprint density at radius 1 is 1.27 bits per heavy atom. The van der Waals surface area contributed by atoms with Crippen LogP contribution < -0.4 is 10.9 Å². The lowest BCUT2D eigenvalue weighted by molar-refractivity contribution is -0.122. The standard InChI is InChI=1S/C18H15Cl2N3O2S/c1-11-4-6-12(7-5-11)17(14-3-2-8-26-14)22-15(24)10-23-18(25)16(20)13(19)9-21-23/h2-9,17H,10H2,1H3,(H,22,24). The third-order valence-electron chi connectivity index (χ3n) is 3.78. The molecule has 1 amide bonds. The summed E-state index contributed by atoms with van der Waals surface area (Å²) in [5.41, 5.74) is 1.50. The van der Waals surface area contributed by atoms with E-state index in [1.165, 1.54) is 6.20 Å². The van der Waals surface area contributed by atoms with E-state index in [-0.39, 0.29) is 28.5 Å². The van der Waals surface area contributed by atoms with E-state index in [1.807, 2.05) is 48.7 Å². The molecule has 0 bridgehead atoms. The Kier molecular flexibility index (Phi) is 5.76. The number of thiophene rings is 1. The summed E-state index contributed by atoms with van der Waals surface area (Å²) in [5.74, 6) is -0.350. The quantitative estimate of drug-likeness (QED) is 0.698. The normalized spacial score (nSPS) is 12.0. The lowest BCUT2D eigenvalue weighted by Gasteiger charge is -2.18. The lowest BCUT2D eigenvalue weighted by atomic mass is 10.0. The van der Waals surface area contributed by atoms with Gasteiger partial charge in [-0.25, -0.2) is 4.68 Å². The molecule has 8 heteroatoms. The molecule has 0 spiro atoms. The van der Waals surface area contributed by atoms with Gasteiger partial charge in [-0.15, -0.1) is 11.3 Å². The van der Waals surface area contributed by atoms with Crippen LogP contribution in [0.2, 0.25) is 10.0 Å². The van der Waals surface area contributed by atoms with Gasteiger partial charge in [0, 0.05) is 4.88 Å². The first-order valence-corrected chi connectivity index (χ1v) is 9.39. The number of aryl methyl sites for hydroxylation is 1. The largest absolute Gasteiger partial charge is 0.343 e. The van der Waals surface area contributed by atoms with Crippen LogP contribution in [-0.4, -0.2) is 15.7 Å². The summed E-state index contributed by atoms with van der Waals surface area (Å²) in [5, 5.41) is 8.68. The van der Waals surface area contributed by atoms with Crippen LogP contribution in [0.15, 0.2) is 52.8 Å². The number of amides is 1. The molecule has 5 nitrogen and oxygen atoms in total. The van der Waals surface area contributed by atoms with Crippen LogP contribution in [0.3, 0.4) is 0 Å². The molecule has 0 fully saturated rings. The third kappa shape index (κ3) is 4.15. The Morgan fingerprint density at radius 3 is 2.65 bits per heavy atom. The van der Waals surface area contributed by atoms with Crippen molar-refractivity contribution in [2.24, 2.45) is 0 Å². The van der Waals surface area contributed by atoms with Crippen molar-refractivity contribution in [3.8, 4) is 0 Å². The Balaban J connectivity index is 1.83. The van der Waals surface area contributed by atoms with E-state index < -0.39 is 5.56 Å². The topological polar surface area (TPSA) is 64.0 Å². The number of benzene rings is 1. The number of rotatable bonds is 5. The molecule has 3 aromatic rings. The van der Waals surface area contributed by atoms with Crippen molar-refractivity contribution in [1.29, 1.82) is 0 Å². The van der Waals surface area contributed by atoms with Crippen molar-refractivity contribution in [2.75, 3.05) is 0 Å². The number of nitrogens with zero attached hydrogens (tertiary/aromatic N) is 2. The molecule has 0 aliphatic heterocycles. The molecule has 0 aliphatic carbocycles. The second-order valence-corrected chi connectivity index (χ2v) is 7.46. The van der Waals surface area contributed by atoms with Crippen molar-refractivity contribution in [3.05, 3.63) is 84.4 Å². The summed E-state index contributed by atoms with van der Waals surface area (Å²) < 4.78 is 0.990. The summed E-state index contributed by atoms with van der Waals surface area (Å²) in [6, 6.07) is 11.5. The molecular formula is C18H15Cl2N3O2S. The first-order chi connectivity index (χ1) is 12.5. The molecule has 0 aliphatic rings. The minimum atomic E-state index is -0.600. The zero-order valence-electron chi connectivity index (χ0n) is 13.8. The second kappa shape index (κ2) is 8.03. The van der Waals surface area contributed by atoms with E-state index in [4.69, 9.17) is 23.2 Å². The number of carbonyl (C=O) groups excluding carboxylic acids is 1. The van der Waals surface area contributed by atoms with Crippen LogP contribution in [-0.2, 0) is 11.3 Å². The maximum absolute atomic E-state index is 12.5. The molecule has 1 unspecified atom stereocenters. The van der Waals surface area contributed by atoms with Gasteiger partial charge in [0.05, 0.1) is 17.3 Å². The fourth-order valence-corrected chi connectivity index (χ4v) is 3.51. The highest BCUT2D eigenvalue weighted by Crippen LogP contribution is 2.26. The average Bonchev–Trinajstić information content (AvgIpc) is 3.15. The fraction of sp³-hybridized carbons (Fsp3) is 0.167. The molecule has 1 aromatic carbocycles. The van der Waals surface area contributed by atoms with E-state index in [0.717, 1.165) is 20.7 Å². The van der Waals surface area contributed by atoms with Gasteiger partial charge >= 0.3 is 0 Å². The minimum absolute atomic E-state index is 0.0597. The molecule has 2 aromatic heterocycles. The van der Waals surface area contributed by atoms with Crippen molar-refractivity contribution in [1.82, 2.24) is 15.1 Å². The first-order valence-electron chi connectivity index (χ1n) is 7.76. The summed E-state index contributed by atoms with van der Waals surface area (Å²) in [6.07, 6.45) is 1.25.